The molecule has 0 aliphatic heterocycles. The van der Waals surface area contributed by atoms with Crippen molar-refractivity contribution in [2.45, 2.75) is 219 Å². The highest BCUT2D eigenvalue weighted by atomic mass is 16.6. The van der Waals surface area contributed by atoms with Crippen molar-refractivity contribution < 1.29 is 19.0 Å². The van der Waals surface area contributed by atoms with Gasteiger partial charge < -0.3 is 14.2 Å². The Morgan fingerprint density at radius 1 is 0.395 bits per heavy atom. The molecular formula is C39H78O4. The molecule has 0 rings (SSSR count). The van der Waals surface area contributed by atoms with Gasteiger partial charge in [0.1, 0.15) is 0 Å². The van der Waals surface area contributed by atoms with Crippen molar-refractivity contribution in [2.24, 2.45) is 0 Å². The van der Waals surface area contributed by atoms with E-state index in [9.17, 15) is 4.79 Å². The molecular weight excluding hydrogens is 532 g/mol. The van der Waals surface area contributed by atoms with Crippen molar-refractivity contribution >= 4 is 5.97 Å². The van der Waals surface area contributed by atoms with Crippen molar-refractivity contribution in [1.82, 2.24) is 0 Å². The van der Waals surface area contributed by atoms with E-state index in [1.54, 1.807) is 0 Å². The van der Waals surface area contributed by atoms with Crippen LogP contribution in [0.1, 0.15) is 213 Å². The first kappa shape index (κ1) is 42.4. The molecule has 0 radical (unpaired) electrons. The van der Waals surface area contributed by atoms with Crippen molar-refractivity contribution in [2.75, 3.05) is 26.4 Å². The number of hydrogen-bond acceptors (Lipinski definition) is 4. The summed E-state index contributed by atoms with van der Waals surface area (Å²) in [5.41, 5.74) is 0. The van der Waals surface area contributed by atoms with Crippen LogP contribution in [-0.4, -0.2) is 38.5 Å². The van der Waals surface area contributed by atoms with Crippen LogP contribution < -0.4 is 0 Å². The van der Waals surface area contributed by atoms with E-state index in [1.807, 2.05) is 0 Å². The molecule has 4 nitrogen and oxygen atoms in total. The lowest BCUT2D eigenvalue weighted by Gasteiger charge is -2.17. The Bertz CT molecular complexity index is 523. The predicted octanol–water partition coefficient (Wildman–Crippen LogP) is 12.7. The molecule has 43 heavy (non-hydrogen) atoms. The number of carbonyl (C=O) groups excluding carboxylic acids is 1. The standard InChI is InChI=1S/C39H78O4/c1-4-7-10-13-16-19-22-25-28-31-34-41-37-38(42-35-32-29-26-23-20-17-14-11-8-5-2)39(40)43-36-33-30-27-24-21-18-15-12-9-6-3/h38H,4-37H2,1-3H3. The summed E-state index contributed by atoms with van der Waals surface area (Å²) in [4.78, 5) is 12.8. The monoisotopic (exact) mass is 611 g/mol. The van der Waals surface area contributed by atoms with Gasteiger partial charge in [-0.25, -0.2) is 4.79 Å². The van der Waals surface area contributed by atoms with Crippen LogP contribution >= 0.6 is 0 Å². The normalized spacial score (nSPS) is 12.2. The first-order valence-electron chi connectivity index (χ1n) is 19.6. The van der Waals surface area contributed by atoms with Gasteiger partial charge in [-0.05, 0) is 19.3 Å². The first-order valence-corrected chi connectivity index (χ1v) is 19.6. The maximum atomic E-state index is 12.8. The minimum absolute atomic E-state index is 0.230. The molecule has 4 heteroatoms. The zero-order valence-electron chi connectivity index (χ0n) is 29.8. The Morgan fingerprint density at radius 2 is 0.698 bits per heavy atom. The number of esters is 1. The van der Waals surface area contributed by atoms with Crippen LogP contribution in [0.5, 0.6) is 0 Å². The van der Waals surface area contributed by atoms with E-state index in [-0.39, 0.29) is 5.97 Å². The molecule has 0 aliphatic carbocycles. The van der Waals surface area contributed by atoms with Gasteiger partial charge in [0, 0.05) is 13.2 Å². The smallest absolute Gasteiger partial charge is 0.337 e. The van der Waals surface area contributed by atoms with E-state index in [0.29, 0.717) is 26.4 Å². The van der Waals surface area contributed by atoms with Gasteiger partial charge in [0.05, 0.1) is 13.2 Å². The number of hydrogen-bond donors (Lipinski definition) is 0. The average molecular weight is 611 g/mol. The fourth-order valence-electron chi connectivity index (χ4n) is 5.74. The maximum absolute atomic E-state index is 12.8. The molecule has 0 heterocycles. The Kier molecular flexibility index (Phi) is 37.0. The second kappa shape index (κ2) is 37.6. The second-order valence-corrected chi connectivity index (χ2v) is 13.1. The molecule has 0 aromatic carbocycles. The molecule has 1 atom stereocenters. The zero-order valence-corrected chi connectivity index (χ0v) is 29.8. The summed E-state index contributed by atoms with van der Waals surface area (Å²) in [6.45, 7) is 8.98. The fraction of sp³-hybridized carbons (Fsp3) is 0.974. The fourth-order valence-corrected chi connectivity index (χ4v) is 5.74. The number of carbonyl (C=O) groups is 1. The Hall–Kier alpha value is -0.610. The van der Waals surface area contributed by atoms with E-state index < -0.39 is 6.10 Å². The third-order valence-electron chi connectivity index (χ3n) is 8.73. The topological polar surface area (TPSA) is 44.8 Å². The largest absolute Gasteiger partial charge is 0.464 e. The molecule has 0 spiro atoms. The molecule has 0 saturated heterocycles. The van der Waals surface area contributed by atoms with Gasteiger partial charge in [-0.15, -0.1) is 0 Å². The summed E-state index contributed by atoms with van der Waals surface area (Å²) in [5.74, 6) is -0.230. The van der Waals surface area contributed by atoms with Gasteiger partial charge in [-0.3, -0.25) is 0 Å². The lowest BCUT2D eigenvalue weighted by molar-refractivity contribution is -0.161. The third-order valence-corrected chi connectivity index (χ3v) is 8.73. The van der Waals surface area contributed by atoms with Crippen LogP contribution in [0.15, 0.2) is 0 Å². The van der Waals surface area contributed by atoms with E-state index in [1.165, 1.54) is 167 Å². The highest BCUT2D eigenvalue weighted by Crippen LogP contribution is 2.13. The van der Waals surface area contributed by atoms with Crippen LogP contribution in [0.4, 0.5) is 0 Å². The third kappa shape index (κ3) is 34.1. The maximum Gasteiger partial charge on any atom is 0.337 e. The lowest BCUT2D eigenvalue weighted by Crippen LogP contribution is -2.32. The summed E-state index contributed by atoms with van der Waals surface area (Å²) in [6.07, 6.45) is 38.3. The summed E-state index contributed by atoms with van der Waals surface area (Å²) in [5, 5.41) is 0. The number of ether oxygens (including phenoxy) is 3. The quantitative estimate of drug-likeness (QED) is 0.0518. The van der Waals surface area contributed by atoms with Gasteiger partial charge in [0.25, 0.3) is 0 Å². The number of unbranched alkanes of at least 4 members (excludes halogenated alkanes) is 27. The molecule has 0 bridgehead atoms. The summed E-state index contributed by atoms with van der Waals surface area (Å²) in [6, 6.07) is 0. The predicted molar refractivity (Wildman–Crippen MR) is 187 cm³/mol. The molecule has 0 aromatic rings. The van der Waals surface area contributed by atoms with Gasteiger partial charge >= 0.3 is 5.97 Å². The summed E-state index contributed by atoms with van der Waals surface area (Å²) in [7, 11) is 0. The van der Waals surface area contributed by atoms with Crippen LogP contribution in [0, 0.1) is 0 Å². The van der Waals surface area contributed by atoms with Crippen molar-refractivity contribution in [3.8, 4) is 0 Å². The van der Waals surface area contributed by atoms with E-state index in [0.717, 1.165) is 25.7 Å². The molecule has 0 amide bonds. The van der Waals surface area contributed by atoms with Gasteiger partial charge in [-0.2, -0.15) is 0 Å². The lowest BCUT2D eigenvalue weighted by atomic mass is 10.1. The minimum atomic E-state index is -0.579. The Morgan fingerprint density at radius 3 is 1.07 bits per heavy atom. The average Bonchev–Trinajstić information content (AvgIpc) is 3.01. The molecule has 0 aliphatic rings. The molecule has 0 saturated carbocycles. The van der Waals surface area contributed by atoms with Crippen molar-refractivity contribution in [3.63, 3.8) is 0 Å². The Balaban J connectivity index is 4.06. The van der Waals surface area contributed by atoms with E-state index >= 15 is 0 Å². The van der Waals surface area contributed by atoms with Gasteiger partial charge in [0.2, 0.25) is 0 Å². The highest BCUT2D eigenvalue weighted by molar-refractivity contribution is 5.74. The van der Waals surface area contributed by atoms with Gasteiger partial charge in [-0.1, -0.05) is 194 Å². The van der Waals surface area contributed by atoms with E-state index in [2.05, 4.69) is 20.8 Å². The summed E-state index contributed by atoms with van der Waals surface area (Å²) < 4.78 is 17.6. The van der Waals surface area contributed by atoms with Crippen LogP contribution in [-0.2, 0) is 19.0 Å². The van der Waals surface area contributed by atoms with Crippen molar-refractivity contribution in [1.29, 1.82) is 0 Å². The molecule has 258 valence electrons. The van der Waals surface area contributed by atoms with Gasteiger partial charge in [0.15, 0.2) is 6.10 Å². The molecule has 1 unspecified atom stereocenters. The highest BCUT2D eigenvalue weighted by Gasteiger charge is 2.21. The second-order valence-electron chi connectivity index (χ2n) is 13.1. The van der Waals surface area contributed by atoms with Crippen LogP contribution in [0.25, 0.3) is 0 Å². The molecule has 0 fully saturated rings. The minimum Gasteiger partial charge on any atom is -0.464 e. The Labute approximate surface area is 270 Å². The summed E-state index contributed by atoms with van der Waals surface area (Å²) >= 11 is 0. The molecule has 0 aromatic heterocycles. The van der Waals surface area contributed by atoms with Crippen LogP contribution in [0.2, 0.25) is 0 Å². The zero-order chi connectivity index (χ0) is 31.3. The number of rotatable bonds is 37. The SMILES string of the molecule is CCCCCCCCCCCCOCC(OCCCCCCCCCCCC)C(=O)OCCCCCCCCCCCC. The first-order chi connectivity index (χ1) is 21.3. The van der Waals surface area contributed by atoms with Crippen molar-refractivity contribution in [3.05, 3.63) is 0 Å². The van der Waals surface area contributed by atoms with Crippen LogP contribution in [0.3, 0.4) is 0 Å². The molecule has 0 N–H and O–H groups in total. The van der Waals surface area contributed by atoms with E-state index in [4.69, 9.17) is 14.2 Å².